The summed E-state index contributed by atoms with van der Waals surface area (Å²) < 4.78 is 0. The molecule has 0 fully saturated rings. The molecule has 1 amide bonds. The van der Waals surface area contributed by atoms with Gasteiger partial charge in [-0.2, -0.15) is 0 Å². The third kappa shape index (κ3) is 5.73. The smallest absolute Gasteiger partial charge is 0.262 e. The van der Waals surface area contributed by atoms with E-state index in [9.17, 15) is 4.79 Å². The highest BCUT2D eigenvalue weighted by Crippen LogP contribution is 2.13. The summed E-state index contributed by atoms with van der Waals surface area (Å²) in [5.41, 5.74) is 8.00. The van der Waals surface area contributed by atoms with E-state index in [0.29, 0.717) is 5.02 Å². The number of carbonyl (C=O) groups excluding carboxylic acids is 1. The summed E-state index contributed by atoms with van der Waals surface area (Å²) in [7, 11) is 0. The van der Waals surface area contributed by atoms with Crippen LogP contribution in [0.5, 0.6) is 0 Å². The molecule has 2 aromatic carbocycles. The van der Waals surface area contributed by atoms with E-state index in [-0.39, 0.29) is 11.0 Å². The van der Waals surface area contributed by atoms with Crippen molar-refractivity contribution < 1.29 is 4.79 Å². The van der Waals surface area contributed by atoms with Gasteiger partial charge in [-0.3, -0.25) is 15.6 Å². The number of hydrazine groups is 1. The Labute approximate surface area is 145 Å². The van der Waals surface area contributed by atoms with E-state index in [2.05, 4.69) is 16.2 Å². The number of hydrogen-bond acceptors (Lipinski definition) is 2. The minimum atomic E-state index is -0.298. The van der Waals surface area contributed by atoms with Gasteiger partial charge < -0.3 is 5.32 Å². The first-order chi connectivity index (χ1) is 11.0. The van der Waals surface area contributed by atoms with E-state index < -0.39 is 0 Å². The van der Waals surface area contributed by atoms with Gasteiger partial charge in [-0.15, -0.1) is 0 Å². The summed E-state index contributed by atoms with van der Waals surface area (Å²) in [5.74, 6) is -0.298. The maximum atomic E-state index is 11.8. The highest BCUT2D eigenvalue weighted by atomic mass is 35.5. The first-order valence-corrected chi connectivity index (χ1v) is 7.69. The van der Waals surface area contributed by atoms with Crippen LogP contribution >= 0.6 is 23.8 Å². The first kappa shape index (κ1) is 17.0. The van der Waals surface area contributed by atoms with Crippen LogP contribution in [0.25, 0.3) is 6.08 Å². The average Bonchev–Trinajstić information content (AvgIpc) is 2.54. The fraction of sp³-hybridized carbons (Fsp3) is 0.0588. The number of amides is 1. The Bertz CT molecular complexity index is 729. The molecule has 0 spiro atoms. The number of aryl methyl sites for hydroxylation is 1. The monoisotopic (exact) mass is 345 g/mol. The van der Waals surface area contributed by atoms with Crippen molar-refractivity contribution in [2.75, 3.05) is 5.32 Å². The van der Waals surface area contributed by atoms with Crippen LogP contribution in [0.4, 0.5) is 5.69 Å². The van der Waals surface area contributed by atoms with Crippen molar-refractivity contribution in [3.63, 3.8) is 0 Å². The van der Waals surface area contributed by atoms with Gasteiger partial charge in [0.15, 0.2) is 5.11 Å². The molecule has 0 unspecified atom stereocenters. The molecular weight excluding hydrogens is 330 g/mol. The topological polar surface area (TPSA) is 53.2 Å². The predicted molar refractivity (Wildman–Crippen MR) is 99.2 cm³/mol. The second-order valence-electron chi connectivity index (χ2n) is 4.77. The van der Waals surface area contributed by atoms with E-state index in [4.69, 9.17) is 23.8 Å². The third-order valence-corrected chi connectivity index (χ3v) is 3.46. The van der Waals surface area contributed by atoms with Crippen LogP contribution in [-0.4, -0.2) is 11.0 Å². The highest BCUT2D eigenvalue weighted by Gasteiger charge is 2.00. The van der Waals surface area contributed by atoms with Crippen LogP contribution in [0.3, 0.4) is 0 Å². The molecule has 6 heteroatoms. The second-order valence-corrected chi connectivity index (χ2v) is 5.61. The van der Waals surface area contributed by atoms with Crippen molar-refractivity contribution in [2.45, 2.75) is 6.92 Å². The largest absolute Gasteiger partial charge is 0.331 e. The second kappa shape index (κ2) is 8.31. The summed E-state index contributed by atoms with van der Waals surface area (Å²) >= 11 is 10.9. The van der Waals surface area contributed by atoms with Crippen LogP contribution in [0.15, 0.2) is 54.6 Å². The summed E-state index contributed by atoms with van der Waals surface area (Å²) in [5, 5.41) is 3.86. The van der Waals surface area contributed by atoms with Crippen molar-refractivity contribution in [1.82, 2.24) is 10.9 Å². The fourth-order valence-corrected chi connectivity index (χ4v) is 2.09. The molecule has 118 valence electrons. The Morgan fingerprint density at radius 2 is 1.78 bits per heavy atom. The molecule has 2 aromatic rings. The Morgan fingerprint density at radius 1 is 1.09 bits per heavy atom. The molecule has 0 aromatic heterocycles. The summed E-state index contributed by atoms with van der Waals surface area (Å²) in [6.45, 7) is 1.99. The molecule has 2 rings (SSSR count). The van der Waals surface area contributed by atoms with Crippen molar-refractivity contribution in [2.24, 2.45) is 0 Å². The molecule has 0 saturated carbocycles. The number of rotatable bonds is 3. The molecule has 0 atom stereocenters. The quantitative estimate of drug-likeness (QED) is 0.451. The minimum absolute atomic E-state index is 0.282. The molecule has 0 bridgehead atoms. The van der Waals surface area contributed by atoms with Crippen LogP contribution in [0.2, 0.25) is 5.02 Å². The molecular formula is C17H16ClN3OS. The highest BCUT2D eigenvalue weighted by molar-refractivity contribution is 7.80. The Kier molecular flexibility index (Phi) is 6.14. The molecule has 0 saturated heterocycles. The molecule has 0 radical (unpaired) electrons. The summed E-state index contributed by atoms with van der Waals surface area (Å²) in [4.78, 5) is 11.8. The SMILES string of the molecule is Cc1ccccc1/C=C/C(=O)NNC(=S)Nc1ccc(Cl)cc1. The van der Waals surface area contributed by atoms with Gasteiger partial charge >= 0.3 is 0 Å². The first-order valence-electron chi connectivity index (χ1n) is 6.91. The van der Waals surface area contributed by atoms with Gasteiger partial charge in [-0.25, -0.2) is 0 Å². The van der Waals surface area contributed by atoms with Crippen molar-refractivity contribution in [3.05, 3.63) is 70.8 Å². The molecule has 0 heterocycles. The minimum Gasteiger partial charge on any atom is -0.331 e. The van der Waals surface area contributed by atoms with Crippen LogP contribution in [-0.2, 0) is 4.79 Å². The Hall–Kier alpha value is -2.37. The van der Waals surface area contributed by atoms with Gasteiger partial charge in [0.05, 0.1) is 0 Å². The molecule has 23 heavy (non-hydrogen) atoms. The number of nitrogens with one attached hydrogen (secondary N) is 3. The summed E-state index contributed by atoms with van der Waals surface area (Å²) in [6.07, 6.45) is 3.20. The third-order valence-electron chi connectivity index (χ3n) is 3.00. The van der Waals surface area contributed by atoms with Crippen LogP contribution in [0.1, 0.15) is 11.1 Å². The number of hydrogen-bond donors (Lipinski definition) is 3. The molecule has 4 nitrogen and oxygen atoms in total. The number of thiocarbonyl (C=S) groups is 1. The van der Waals surface area contributed by atoms with Crippen molar-refractivity contribution in [3.8, 4) is 0 Å². The predicted octanol–water partition coefficient (Wildman–Crippen LogP) is 3.68. The van der Waals surface area contributed by atoms with Crippen LogP contribution < -0.4 is 16.2 Å². The van der Waals surface area contributed by atoms with Gasteiger partial charge in [0.2, 0.25) is 0 Å². The number of anilines is 1. The molecule has 0 aliphatic heterocycles. The lowest BCUT2D eigenvalue weighted by Crippen LogP contribution is -2.43. The van der Waals surface area contributed by atoms with E-state index in [0.717, 1.165) is 16.8 Å². The lowest BCUT2D eigenvalue weighted by molar-refractivity contribution is -0.116. The van der Waals surface area contributed by atoms with E-state index >= 15 is 0 Å². The van der Waals surface area contributed by atoms with Gasteiger partial charge in [-0.05, 0) is 60.6 Å². The average molecular weight is 346 g/mol. The maximum Gasteiger partial charge on any atom is 0.262 e. The number of benzene rings is 2. The lowest BCUT2D eigenvalue weighted by Gasteiger charge is -2.10. The fourth-order valence-electron chi connectivity index (χ4n) is 1.79. The standard InChI is InChI=1S/C17H16ClN3OS/c1-12-4-2-3-5-13(12)6-11-16(22)20-21-17(23)19-15-9-7-14(18)8-10-15/h2-11H,1H3,(H,20,22)(H2,19,21,23)/b11-6+. The zero-order valence-electron chi connectivity index (χ0n) is 12.5. The van der Waals surface area contributed by atoms with Crippen molar-refractivity contribution in [1.29, 1.82) is 0 Å². The zero-order chi connectivity index (χ0) is 16.7. The molecule has 0 aliphatic carbocycles. The Morgan fingerprint density at radius 3 is 2.48 bits per heavy atom. The normalized spacial score (nSPS) is 10.3. The number of carbonyl (C=O) groups is 1. The van der Waals surface area contributed by atoms with Gasteiger partial charge in [-0.1, -0.05) is 35.9 Å². The van der Waals surface area contributed by atoms with Gasteiger partial charge in [0.1, 0.15) is 0 Å². The van der Waals surface area contributed by atoms with E-state index in [1.165, 1.54) is 6.08 Å². The van der Waals surface area contributed by atoms with Gasteiger partial charge in [0.25, 0.3) is 5.91 Å². The lowest BCUT2D eigenvalue weighted by atomic mass is 10.1. The Balaban J connectivity index is 1.81. The van der Waals surface area contributed by atoms with Crippen molar-refractivity contribution >= 4 is 46.6 Å². The zero-order valence-corrected chi connectivity index (χ0v) is 14.0. The van der Waals surface area contributed by atoms with Crippen LogP contribution in [0, 0.1) is 6.92 Å². The molecule has 3 N–H and O–H groups in total. The number of halogens is 1. The molecule has 0 aliphatic rings. The van der Waals surface area contributed by atoms with E-state index in [1.807, 2.05) is 31.2 Å². The summed E-state index contributed by atoms with van der Waals surface area (Å²) in [6, 6.07) is 14.9. The maximum absolute atomic E-state index is 11.8. The van der Waals surface area contributed by atoms with Gasteiger partial charge in [0, 0.05) is 16.8 Å². The van der Waals surface area contributed by atoms with E-state index in [1.54, 1.807) is 30.3 Å².